The summed E-state index contributed by atoms with van der Waals surface area (Å²) in [7, 11) is 0. The first-order valence-corrected chi connectivity index (χ1v) is 11.2. The molecule has 8 nitrogen and oxygen atoms in total. The standard InChI is InChI=1S/C21H29BrN4O4/c1-3-5-7-25(13-14-11-16-17(12-15(14)22)30-10-9-29-16)18-19(23)26(8-6-4-2)21(28)24-20(18)27/h11-12H,3-10,13,23H2,1-2H3,(H,24,27,28). The smallest absolute Gasteiger partial charge is 0.330 e. The molecular formula is C21H29BrN4O4. The first kappa shape index (κ1) is 22.3. The highest BCUT2D eigenvalue weighted by atomic mass is 79.9. The second-order valence-corrected chi connectivity index (χ2v) is 8.22. The summed E-state index contributed by atoms with van der Waals surface area (Å²) in [6.07, 6.45) is 3.57. The zero-order chi connectivity index (χ0) is 21.7. The summed E-state index contributed by atoms with van der Waals surface area (Å²) in [4.78, 5) is 29.4. The van der Waals surface area contributed by atoms with Gasteiger partial charge in [0.2, 0.25) is 0 Å². The summed E-state index contributed by atoms with van der Waals surface area (Å²) in [5.41, 5.74) is 6.69. The first-order valence-electron chi connectivity index (χ1n) is 10.4. The van der Waals surface area contributed by atoms with Crippen LogP contribution in [0.3, 0.4) is 0 Å². The summed E-state index contributed by atoms with van der Waals surface area (Å²) in [6, 6.07) is 3.81. The lowest BCUT2D eigenvalue weighted by atomic mass is 10.1. The molecule has 30 heavy (non-hydrogen) atoms. The summed E-state index contributed by atoms with van der Waals surface area (Å²) in [5.74, 6) is 1.59. The second kappa shape index (κ2) is 10.1. The van der Waals surface area contributed by atoms with Crippen LogP contribution in [0, 0.1) is 0 Å². The summed E-state index contributed by atoms with van der Waals surface area (Å²) in [5, 5.41) is 0. The molecular weight excluding hydrogens is 452 g/mol. The molecule has 1 aromatic carbocycles. The number of unbranched alkanes of at least 4 members (excludes halogenated alkanes) is 2. The van der Waals surface area contributed by atoms with Crippen molar-refractivity contribution in [2.45, 2.75) is 52.6 Å². The number of hydrogen-bond donors (Lipinski definition) is 2. The average Bonchev–Trinajstić information content (AvgIpc) is 2.72. The Hall–Kier alpha value is -2.42. The number of benzene rings is 1. The molecule has 164 valence electrons. The molecule has 1 aromatic heterocycles. The molecule has 3 N–H and O–H groups in total. The van der Waals surface area contributed by atoms with Gasteiger partial charge in [-0.25, -0.2) is 4.79 Å². The number of ether oxygens (including phenoxy) is 2. The lowest BCUT2D eigenvalue weighted by molar-refractivity contribution is 0.171. The van der Waals surface area contributed by atoms with Crippen molar-refractivity contribution in [2.24, 2.45) is 0 Å². The molecule has 2 heterocycles. The number of nitrogens with zero attached hydrogens (tertiary/aromatic N) is 2. The molecule has 0 saturated carbocycles. The van der Waals surface area contributed by atoms with Crippen LogP contribution in [0.15, 0.2) is 26.2 Å². The van der Waals surface area contributed by atoms with Gasteiger partial charge < -0.3 is 20.1 Å². The van der Waals surface area contributed by atoms with Gasteiger partial charge >= 0.3 is 5.69 Å². The van der Waals surface area contributed by atoms with Gasteiger partial charge in [0.15, 0.2) is 11.5 Å². The van der Waals surface area contributed by atoms with E-state index < -0.39 is 11.2 Å². The highest BCUT2D eigenvalue weighted by molar-refractivity contribution is 9.10. The number of anilines is 2. The van der Waals surface area contributed by atoms with Crippen LogP contribution in [-0.2, 0) is 13.1 Å². The van der Waals surface area contributed by atoms with Crippen molar-refractivity contribution in [1.82, 2.24) is 9.55 Å². The minimum absolute atomic E-state index is 0.210. The number of aromatic amines is 1. The maximum Gasteiger partial charge on any atom is 0.330 e. The fourth-order valence-corrected chi connectivity index (χ4v) is 3.92. The van der Waals surface area contributed by atoms with Crippen molar-refractivity contribution in [3.05, 3.63) is 43.0 Å². The van der Waals surface area contributed by atoms with Crippen molar-refractivity contribution in [3.8, 4) is 11.5 Å². The van der Waals surface area contributed by atoms with E-state index in [-0.39, 0.29) is 5.82 Å². The summed E-state index contributed by atoms with van der Waals surface area (Å²) in [6.45, 7) is 6.71. The Morgan fingerprint density at radius 1 is 1.13 bits per heavy atom. The molecule has 9 heteroatoms. The number of H-pyrrole nitrogens is 1. The zero-order valence-electron chi connectivity index (χ0n) is 17.5. The van der Waals surface area contributed by atoms with E-state index in [1.165, 1.54) is 4.57 Å². The normalized spacial score (nSPS) is 12.8. The van der Waals surface area contributed by atoms with Gasteiger partial charge in [0, 0.05) is 24.1 Å². The Balaban J connectivity index is 2.01. The first-order chi connectivity index (χ1) is 14.5. The molecule has 0 spiro atoms. The zero-order valence-corrected chi connectivity index (χ0v) is 19.1. The van der Waals surface area contributed by atoms with Gasteiger partial charge in [-0.1, -0.05) is 42.6 Å². The van der Waals surface area contributed by atoms with Crippen LogP contribution >= 0.6 is 15.9 Å². The molecule has 0 amide bonds. The van der Waals surface area contributed by atoms with Crippen molar-refractivity contribution < 1.29 is 9.47 Å². The number of nitrogens with two attached hydrogens (primary N) is 1. The molecule has 0 bridgehead atoms. The number of nitrogen functional groups attached to an aromatic ring is 1. The van der Waals surface area contributed by atoms with Gasteiger partial charge in [0.1, 0.15) is 24.7 Å². The molecule has 2 aromatic rings. The molecule has 0 radical (unpaired) electrons. The van der Waals surface area contributed by atoms with Crippen LogP contribution in [0.25, 0.3) is 0 Å². The molecule has 3 rings (SSSR count). The van der Waals surface area contributed by atoms with Crippen LogP contribution in [0.1, 0.15) is 45.1 Å². The fourth-order valence-electron chi connectivity index (χ4n) is 3.47. The number of aromatic nitrogens is 2. The quantitative estimate of drug-likeness (QED) is 0.570. The van der Waals surface area contributed by atoms with E-state index >= 15 is 0 Å². The number of hydrogen-bond acceptors (Lipinski definition) is 6. The molecule has 0 unspecified atom stereocenters. The van der Waals surface area contributed by atoms with E-state index in [1.807, 2.05) is 24.0 Å². The predicted octanol–water partition coefficient (Wildman–Crippen LogP) is 3.26. The summed E-state index contributed by atoms with van der Waals surface area (Å²) < 4.78 is 13.7. The second-order valence-electron chi connectivity index (χ2n) is 7.36. The average molecular weight is 481 g/mol. The molecule has 1 aliphatic rings. The van der Waals surface area contributed by atoms with Gasteiger partial charge in [-0.2, -0.15) is 0 Å². The maximum atomic E-state index is 12.8. The highest BCUT2D eigenvalue weighted by Gasteiger charge is 2.21. The molecule has 1 aliphatic heterocycles. The molecule has 0 aliphatic carbocycles. The van der Waals surface area contributed by atoms with E-state index in [1.54, 1.807) is 0 Å². The van der Waals surface area contributed by atoms with E-state index in [4.69, 9.17) is 15.2 Å². The lowest BCUT2D eigenvalue weighted by Gasteiger charge is -2.27. The third kappa shape index (κ3) is 4.83. The number of rotatable bonds is 9. The van der Waals surface area contributed by atoms with Crippen LogP contribution in [0.5, 0.6) is 11.5 Å². The Kier molecular flexibility index (Phi) is 7.47. The van der Waals surface area contributed by atoms with E-state index in [0.29, 0.717) is 50.0 Å². The number of halogens is 1. The number of fused-ring (bicyclic) bond motifs is 1. The molecule has 0 fully saturated rings. The van der Waals surface area contributed by atoms with E-state index in [0.717, 1.165) is 35.7 Å². The highest BCUT2D eigenvalue weighted by Crippen LogP contribution is 2.36. The van der Waals surface area contributed by atoms with Crippen molar-refractivity contribution in [2.75, 3.05) is 30.4 Å². The van der Waals surface area contributed by atoms with E-state index in [2.05, 4.69) is 27.8 Å². The largest absolute Gasteiger partial charge is 0.486 e. The summed E-state index contributed by atoms with van der Waals surface area (Å²) >= 11 is 3.61. The fraction of sp³-hybridized carbons (Fsp3) is 0.524. The van der Waals surface area contributed by atoms with Crippen LogP contribution in [-0.4, -0.2) is 29.3 Å². The SMILES string of the molecule is CCCCN(Cc1cc2c(cc1Br)OCCO2)c1c(N)n(CCCC)c(=O)[nH]c1=O. The lowest BCUT2D eigenvalue weighted by Crippen LogP contribution is -2.38. The molecule has 0 saturated heterocycles. The third-order valence-corrected chi connectivity index (χ3v) is 5.86. The van der Waals surface area contributed by atoms with Crippen molar-refractivity contribution in [3.63, 3.8) is 0 Å². The Bertz CT molecular complexity index is 1000. The van der Waals surface area contributed by atoms with Gasteiger partial charge in [-0.15, -0.1) is 0 Å². The third-order valence-electron chi connectivity index (χ3n) is 5.12. The predicted molar refractivity (Wildman–Crippen MR) is 122 cm³/mol. The van der Waals surface area contributed by atoms with Crippen LogP contribution in [0.4, 0.5) is 11.5 Å². The monoisotopic (exact) mass is 480 g/mol. The van der Waals surface area contributed by atoms with E-state index in [9.17, 15) is 9.59 Å². The van der Waals surface area contributed by atoms with Crippen LogP contribution < -0.4 is 31.4 Å². The Morgan fingerprint density at radius 2 is 1.80 bits per heavy atom. The van der Waals surface area contributed by atoms with Gasteiger partial charge in [-0.05, 0) is 30.5 Å². The Labute approximate surface area is 184 Å². The van der Waals surface area contributed by atoms with Crippen molar-refractivity contribution >= 4 is 27.4 Å². The van der Waals surface area contributed by atoms with Crippen LogP contribution in [0.2, 0.25) is 0 Å². The maximum absolute atomic E-state index is 12.8. The van der Waals surface area contributed by atoms with Gasteiger partial charge in [0.05, 0.1) is 0 Å². The van der Waals surface area contributed by atoms with Gasteiger partial charge in [0.25, 0.3) is 5.56 Å². The van der Waals surface area contributed by atoms with Gasteiger partial charge in [-0.3, -0.25) is 14.3 Å². The minimum atomic E-state index is -0.467. The Morgan fingerprint density at radius 3 is 2.47 bits per heavy atom. The topological polar surface area (TPSA) is 103 Å². The minimum Gasteiger partial charge on any atom is -0.486 e. The molecule has 0 atom stereocenters. The number of nitrogens with one attached hydrogen (secondary N) is 1. The van der Waals surface area contributed by atoms with Crippen molar-refractivity contribution in [1.29, 1.82) is 0 Å².